The van der Waals surface area contributed by atoms with E-state index in [2.05, 4.69) is 27.7 Å². The molecule has 0 saturated heterocycles. The summed E-state index contributed by atoms with van der Waals surface area (Å²) in [6.07, 6.45) is 42.1. The third kappa shape index (κ3) is 16.7. The van der Waals surface area contributed by atoms with Crippen LogP contribution in [0.5, 0.6) is 11.5 Å². The zero-order valence-corrected chi connectivity index (χ0v) is 35.8. The van der Waals surface area contributed by atoms with Crippen molar-refractivity contribution in [3.63, 3.8) is 0 Å². The number of benzene rings is 2. The molecule has 2 aliphatic heterocycles. The average molecular weight is 767 g/mol. The van der Waals surface area contributed by atoms with Crippen LogP contribution in [0.25, 0.3) is 0 Å². The lowest BCUT2D eigenvalue weighted by Crippen LogP contribution is -2.61. The zero-order chi connectivity index (χ0) is 38.7. The van der Waals surface area contributed by atoms with Gasteiger partial charge >= 0.3 is 18.9 Å². The second-order valence-electron chi connectivity index (χ2n) is 15.9. The molecule has 0 atom stereocenters. The Labute approximate surface area is 331 Å². The largest absolute Gasteiger partial charge is 0.781 e. The van der Waals surface area contributed by atoms with Crippen molar-refractivity contribution in [1.29, 1.82) is 0 Å². The van der Waals surface area contributed by atoms with Crippen molar-refractivity contribution in [3.05, 3.63) is 59.7 Å². The lowest BCUT2D eigenvalue weighted by Gasteiger charge is -2.45. The van der Waals surface area contributed by atoms with E-state index in [1.165, 1.54) is 128 Å². The van der Waals surface area contributed by atoms with Crippen LogP contribution in [-0.4, -0.2) is 43.5 Å². The maximum absolute atomic E-state index is 12.0. The van der Waals surface area contributed by atoms with Gasteiger partial charge in [0.1, 0.15) is 0 Å². The number of para-hydroxylation sites is 2. The molecule has 2 aliphatic rings. The quantitative estimate of drug-likeness (QED) is 0.0488. The van der Waals surface area contributed by atoms with Crippen LogP contribution in [-0.2, 0) is 9.31 Å². The van der Waals surface area contributed by atoms with E-state index in [0.29, 0.717) is 0 Å². The van der Waals surface area contributed by atoms with Crippen LogP contribution in [0.15, 0.2) is 48.5 Å². The molecule has 1 spiro atoms. The fourth-order valence-electron chi connectivity index (χ4n) is 7.90. The van der Waals surface area contributed by atoms with Gasteiger partial charge in [-0.2, -0.15) is 0 Å². The minimum Gasteiger partial charge on any atom is -0.610 e. The second kappa shape index (κ2) is 27.1. The highest BCUT2D eigenvalue weighted by molar-refractivity contribution is 7.75. The Morgan fingerprint density at radius 2 is 0.667 bits per heavy atom. The highest BCUT2D eigenvalue weighted by Gasteiger charge is 2.52. The molecule has 304 valence electrons. The van der Waals surface area contributed by atoms with Crippen LogP contribution in [0.4, 0.5) is 0 Å². The maximum Gasteiger partial charge on any atom is 0.781 e. The Morgan fingerprint density at radius 1 is 0.389 bits per heavy atom. The van der Waals surface area contributed by atoms with E-state index in [1.54, 1.807) is 98.9 Å². The molecule has 0 unspecified atom stereocenters. The summed E-state index contributed by atoms with van der Waals surface area (Å²) in [6.45, 7) is 6.44. The van der Waals surface area contributed by atoms with Crippen molar-refractivity contribution in [2.75, 3.05) is 24.6 Å². The summed E-state index contributed by atoms with van der Waals surface area (Å²) in [7, 11) is -0.697. The summed E-state index contributed by atoms with van der Waals surface area (Å²) in [6, 6.07) is 13.0. The van der Waals surface area contributed by atoms with E-state index in [0.717, 1.165) is 0 Å². The molecular weight excluding hydrogens is 690 g/mol. The highest BCUT2D eigenvalue weighted by atomic mass is 31.2. The van der Waals surface area contributed by atoms with Gasteiger partial charge in [-0.05, 0) is 75.6 Å². The van der Waals surface area contributed by atoms with Crippen molar-refractivity contribution in [2.45, 2.75) is 182 Å². The van der Waals surface area contributed by atoms with Crippen molar-refractivity contribution < 1.29 is 28.2 Å². The molecule has 0 amide bonds. The number of fused-ring (bicyclic) bond motifs is 2. The topological polar surface area (TPSA) is 71.1 Å². The van der Waals surface area contributed by atoms with Gasteiger partial charge in [-0.15, -0.1) is 0 Å². The van der Waals surface area contributed by atoms with Crippen molar-refractivity contribution in [1.82, 2.24) is 0 Å². The Bertz CT molecular complexity index is 1220. The predicted molar refractivity (Wildman–Crippen MR) is 231 cm³/mol. The molecule has 2 aromatic rings. The second-order valence-corrected chi connectivity index (χ2v) is 20.4. The number of carbonyl (C=O) groups is 2. The van der Waals surface area contributed by atoms with Gasteiger partial charge in [-0.25, -0.2) is 0 Å². The minimum atomic E-state index is -2.97. The van der Waals surface area contributed by atoms with Gasteiger partial charge in [0.25, 0.3) is 0 Å². The van der Waals surface area contributed by atoms with Gasteiger partial charge in [0, 0.05) is 7.26 Å². The number of rotatable bonds is 28. The number of hydrogen-bond donors (Lipinski definition) is 0. The summed E-state index contributed by atoms with van der Waals surface area (Å²) in [4.78, 5) is 24.0. The van der Waals surface area contributed by atoms with E-state index in [-0.39, 0.29) is 22.6 Å². The molecule has 8 heteroatoms. The Morgan fingerprint density at radius 3 is 1.00 bits per heavy atom. The molecule has 0 aromatic heterocycles. The monoisotopic (exact) mass is 767 g/mol. The first-order valence-corrected chi connectivity index (χ1v) is 24.9. The predicted octanol–water partition coefficient (Wildman–Crippen LogP) is 14.4. The van der Waals surface area contributed by atoms with Gasteiger partial charge in [0.2, 0.25) is 0 Å². The van der Waals surface area contributed by atoms with Crippen LogP contribution in [0.2, 0.25) is 0 Å². The molecule has 0 radical (unpaired) electrons. The van der Waals surface area contributed by atoms with Gasteiger partial charge in [0.15, 0.2) is 0 Å². The Balaban J connectivity index is 0.000000315. The van der Waals surface area contributed by atoms with E-state index in [4.69, 9.17) is 18.6 Å². The highest BCUT2D eigenvalue weighted by Crippen LogP contribution is 2.61. The molecule has 0 saturated carbocycles. The lowest BCUT2D eigenvalue weighted by molar-refractivity contribution is 0.0177. The SMILES string of the molecule is CCCCCCCCCCCCCC[P+](CCCCCC)(CCCCCC)CCCCCC.O=C1O[B-]2(OC(=O)c3ccccc3O2)Oc2ccccc21. The Hall–Kier alpha value is -2.53. The third-order valence-electron chi connectivity index (χ3n) is 11.2. The van der Waals surface area contributed by atoms with Crippen molar-refractivity contribution >= 4 is 26.2 Å². The first kappa shape index (κ1) is 45.9. The fraction of sp³-hybridized carbons (Fsp3) is 0.696. The van der Waals surface area contributed by atoms with Gasteiger partial charge in [-0.1, -0.05) is 155 Å². The summed E-state index contributed by atoms with van der Waals surface area (Å²) >= 11 is 0. The zero-order valence-electron chi connectivity index (χ0n) is 34.9. The molecule has 0 bridgehead atoms. The molecule has 2 heterocycles. The fourth-order valence-corrected chi connectivity index (χ4v) is 12.8. The summed E-state index contributed by atoms with van der Waals surface area (Å²) in [5.74, 6) is -0.824. The van der Waals surface area contributed by atoms with Gasteiger partial charge in [0.05, 0.1) is 47.3 Å². The lowest BCUT2D eigenvalue weighted by atomic mass is 9.96. The number of unbranched alkanes of at least 4 members (excludes halogenated alkanes) is 20. The molecule has 0 N–H and O–H groups in total. The first-order valence-electron chi connectivity index (χ1n) is 22.4. The van der Waals surface area contributed by atoms with Crippen LogP contribution in [0.3, 0.4) is 0 Å². The van der Waals surface area contributed by atoms with Crippen LogP contribution in [0, 0.1) is 0 Å². The molecule has 4 rings (SSSR count). The van der Waals surface area contributed by atoms with Crippen LogP contribution >= 0.6 is 7.26 Å². The number of hydrogen-bond acceptors (Lipinski definition) is 6. The van der Waals surface area contributed by atoms with Gasteiger partial charge < -0.3 is 18.6 Å². The maximum atomic E-state index is 12.0. The molecule has 0 aliphatic carbocycles. The Kier molecular flexibility index (Phi) is 23.0. The van der Waals surface area contributed by atoms with Crippen molar-refractivity contribution in [2.24, 2.45) is 0 Å². The normalized spacial score (nSPS) is 14.2. The minimum absolute atomic E-state index is 0.251. The molecule has 0 fully saturated rings. The van der Waals surface area contributed by atoms with E-state index >= 15 is 0 Å². The molecule has 54 heavy (non-hydrogen) atoms. The molecule has 2 aromatic carbocycles. The molecular formula is C46H76BO6P. The van der Waals surface area contributed by atoms with Crippen LogP contribution in [0.1, 0.15) is 203 Å². The summed E-state index contributed by atoms with van der Waals surface area (Å²) < 4.78 is 21.2. The number of carbonyl (C=O) groups excluding carboxylic acids is 2. The standard InChI is InChI=1S/C32H68P.C14H8BO6/c1-5-9-13-17-18-19-20-21-22-23-24-28-32-33(29-25-14-10-6-2,30-26-15-11-7-3)31-27-16-12-8-4;16-13-9-5-1-3-7-11(9)18-15(20-13)19-12-8-4-2-6-10(12)14(17)21-15/h5-32H2,1-4H3;1-8H/q+1;-1. The van der Waals surface area contributed by atoms with Crippen LogP contribution < -0.4 is 9.31 Å². The van der Waals surface area contributed by atoms with Crippen molar-refractivity contribution in [3.8, 4) is 11.5 Å². The smallest absolute Gasteiger partial charge is 0.610 e. The molecule has 6 nitrogen and oxygen atoms in total. The first-order chi connectivity index (χ1) is 26.4. The summed E-state index contributed by atoms with van der Waals surface area (Å²) in [5.41, 5.74) is 0.506. The third-order valence-corrected chi connectivity index (χ3v) is 16.3. The van der Waals surface area contributed by atoms with Gasteiger partial charge in [-0.3, -0.25) is 9.59 Å². The average Bonchev–Trinajstić information content (AvgIpc) is 3.17. The van der Waals surface area contributed by atoms with E-state index in [1.807, 2.05) is 0 Å². The van der Waals surface area contributed by atoms with E-state index < -0.39 is 26.2 Å². The van der Waals surface area contributed by atoms with E-state index in [9.17, 15) is 9.59 Å². The summed E-state index contributed by atoms with van der Waals surface area (Å²) in [5, 5.41) is 0.